The summed E-state index contributed by atoms with van der Waals surface area (Å²) in [5.74, 6) is 0.835. The second-order valence-electron chi connectivity index (χ2n) is 5.84. The lowest BCUT2D eigenvalue weighted by Crippen LogP contribution is -2.24. The third kappa shape index (κ3) is 4.65. The molecule has 3 aromatic rings. The van der Waals surface area contributed by atoms with Crippen LogP contribution in [0.4, 0.5) is 19.0 Å². The van der Waals surface area contributed by atoms with Gasteiger partial charge in [0.15, 0.2) is 11.6 Å². The number of aliphatic hydroxyl groups excluding tert-OH is 1. The van der Waals surface area contributed by atoms with Crippen molar-refractivity contribution in [1.82, 2.24) is 15.0 Å². The Hall–Kier alpha value is -2.98. The van der Waals surface area contributed by atoms with Gasteiger partial charge in [-0.3, -0.25) is 0 Å². The van der Waals surface area contributed by atoms with E-state index >= 15 is 0 Å². The van der Waals surface area contributed by atoms with E-state index in [4.69, 9.17) is 9.47 Å². The van der Waals surface area contributed by atoms with Gasteiger partial charge in [-0.25, -0.2) is 15.0 Å². The Balaban J connectivity index is 1.84. The van der Waals surface area contributed by atoms with Crippen molar-refractivity contribution in [3.63, 3.8) is 0 Å². The minimum Gasteiger partial charge on any atom is -0.453 e. The van der Waals surface area contributed by atoms with Crippen molar-refractivity contribution in [1.29, 1.82) is 0 Å². The van der Waals surface area contributed by atoms with Gasteiger partial charge >= 0.3 is 6.18 Å². The summed E-state index contributed by atoms with van der Waals surface area (Å²) in [7, 11) is 1.48. The van der Waals surface area contributed by atoms with E-state index in [2.05, 4.69) is 20.3 Å². The summed E-state index contributed by atoms with van der Waals surface area (Å²) in [5, 5.41) is 12.7. The monoisotopic (exact) mass is 394 g/mol. The van der Waals surface area contributed by atoms with Crippen LogP contribution in [0.15, 0.2) is 42.9 Å². The van der Waals surface area contributed by atoms with Crippen LogP contribution in [0, 0.1) is 0 Å². The zero-order valence-corrected chi connectivity index (χ0v) is 14.8. The summed E-state index contributed by atoms with van der Waals surface area (Å²) >= 11 is 0. The quantitative estimate of drug-likeness (QED) is 0.636. The zero-order valence-electron chi connectivity index (χ0n) is 14.8. The number of anilines is 1. The maximum Gasteiger partial charge on any atom is 0.416 e. The molecule has 0 radical (unpaired) electrons. The lowest BCUT2D eigenvalue weighted by Gasteiger charge is -2.14. The van der Waals surface area contributed by atoms with Crippen molar-refractivity contribution in [3.05, 3.63) is 48.4 Å². The summed E-state index contributed by atoms with van der Waals surface area (Å²) in [4.78, 5) is 12.7. The van der Waals surface area contributed by atoms with Crippen LogP contribution < -0.4 is 10.1 Å². The number of aliphatic hydroxyl groups is 1. The number of ether oxygens (including phenoxy) is 2. The van der Waals surface area contributed by atoms with E-state index in [9.17, 15) is 18.3 Å². The molecule has 0 aliphatic carbocycles. The van der Waals surface area contributed by atoms with Crippen molar-refractivity contribution in [2.75, 3.05) is 25.6 Å². The van der Waals surface area contributed by atoms with Crippen LogP contribution in [0.5, 0.6) is 11.5 Å². The number of pyridine rings is 1. The van der Waals surface area contributed by atoms with Gasteiger partial charge in [0.05, 0.1) is 24.5 Å². The van der Waals surface area contributed by atoms with Gasteiger partial charge in [-0.2, -0.15) is 13.2 Å². The largest absolute Gasteiger partial charge is 0.453 e. The highest BCUT2D eigenvalue weighted by Crippen LogP contribution is 2.33. The van der Waals surface area contributed by atoms with E-state index in [-0.39, 0.29) is 24.7 Å². The van der Waals surface area contributed by atoms with Gasteiger partial charge in [-0.05, 0) is 24.3 Å². The number of rotatable bonds is 7. The van der Waals surface area contributed by atoms with Crippen LogP contribution in [-0.2, 0) is 10.9 Å². The van der Waals surface area contributed by atoms with Gasteiger partial charge in [0.1, 0.15) is 16.8 Å². The van der Waals surface area contributed by atoms with Crippen molar-refractivity contribution in [2.45, 2.75) is 12.3 Å². The number of hydrogen-bond donors (Lipinski definition) is 2. The van der Waals surface area contributed by atoms with Crippen LogP contribution in [0.25, 0.3) is 11.0 Å². The molecule has 0 fully saturated rings. The van der Waals surface area contributed by atoms with Crippen LogP contribution in [0.3, 0.4) is 0 Å². The van der Waals surface area contributed by atoms with Gasteiger partial charge in [0.2, 0.25) is 0 Å². The second-order valence-corrected chi connectivity index (χ2v) is 5.84. The maximum atomic E-state index is 12.7. The molecule has 2 heterocycles. The van der Waals surface area contributed by atoms with E-state index in [1.54, 1.807) is 0 Å². The van der Waals surface area contributed by atoms with E-state index in [1.165, 1.54) is 37.8 Å². The molecule has 0 saturated heterocycles. The third-order valence-electron chi connectivity index (χ3n) is 3.74. The summed E-state index contributed by atoms with van der Waals surface area (Å²) in [6.45, 7) is 0.345. The van der Waals surface area contributed by atoms with Crippen molar-refractivity contribution >= 4 is 16.9 Å². The molecular formula is C18H17F3N4O3. The fourth-order valence-corrected chi connectivity index (χ4v) is 2.45. The van der Waals surface area contributed by atoms with Crippen LogP contribution in [0.2, 0.25) is 0 Å². The predicted octanol–water partition coefficient (Wildman–Crippen LogP) is 3.26. The minimum atomic E-state index is -4.42. The molecule has 0 aliphatic rings. The average molecular weight is 394 g/mol. The summed E-state index contributed by atoms with van der Waals surface area (Å²) in [5.41, 5.74) is 0.00875. The number of methoxy groups -OCH3 is 1. The molecule has 0 aliphatic heterocycles. The Morgan fingerprint density at radius 2 is 1.75 bits per heavy atom. The SMILES string of the molecule is COCC(O)CNc1ncc(Oc2ccc(C(F)(F)F)cc2)c2nccnc12. The fraction of sp³-hybridized carbons (Fsp3) is 0.278. The molecule has 0 spiro atoms. The zero-order chi connectivity index (χ0) is 20.1. The predicted molar refractivity (Wildman–Crippen MR) is 95.2 cm³/mol. The first-order valence-electron chi connectivity index (χ1n) is 8.24. The third-order valence-corrected chi connectivity index (χ3v) is 3.74. The standard InChI is InChI=1S/C18H17F3N4O3/c1-27-10-12(26)8-24-17-16-15(22-6-7-23-16)14(9-25-17)28-13-4-2-11(3-5-13)18(19,20)21/h2-7,9,12,26H,8,10H2,1H3,(H,24,25). The number of halogens is 3. The molecule has 0 amide bonds. The van der Waals surface area contributed by atoms with Crippen LogP contribution in [-0.4, -0.2) is 46.4 Å². The van der Waals surface area contributed by atoms with Gasteiger partial charge in [-0.1, -0.05) is 0 Å². The number of fused-ring (bicyclic) bond motifs is 1. The van der Waals surface area contributed by atoms with Gasteiger partial charge in [0, 0.05) is 26.0 Å². The first kappa shape index (κ1) is 19.8. The maximum absolute atomic E-state index is 12.7. The van der Waals surface area contributed by atoms with Crippen molar-refractivity contribution in [2.24, 2.45) is 0 Å². The summed E-state index contributed by atoms with van der Waals surface area (Å²) in [6, 6.07) is 4.31. The molecule has 0 saturated carbocycles. The van der Waals surface area contributed by atoms with Crippen molar-refractivity contribution in [3.8, 4) is 11.5 Å². The Morgan fingerprint density at radius 3 is 2.39 bits per heavy atom. The van der Waals surface area contributed by atoms with E-state index in [1.807, 2.05) is 0 Å². The first-order chi connectivity index (χ1) is 13.4. The van der Waals surface area contributed by atoms with E-state index in [0.717, 1.165) is 12.1 Å². The van der Waals surface area contributed by atoms with Gasteiger partial charge in [-0.15, -0.1) is 0 Å². The molecular weight excluding hydrogens is 377 g/mol. The summed E-state index contributed by atoms with van der Waals surface area (Å²) in [6.07, 6.45) is -0.825. The minimum absolute atomic E-state index is 0.158. The number of nitrogens with zero attached hydrogens (tertiary/aromatic N) is 3. The molecule has 1 atom stereocenters. The molecule has 148 valence electrons. The summed E-state index contributed by atoms with van der Waals surface area (Å²) < 4.78 is 48.5. The number of alkyl halides is 3. The molecule has 28 heavy (non-hydrogen) atoms. The number of benzene rings is 1. The Labute approximate surface area is 158 Å². The van der Waals surface area contributed by atoms with Crippen LogP contribution >= 0.6 is 0 Å². The first-order valence-corrected chi connectivity index (χ1v) is 8.24. The second kappa shape index (κ2) is 8.36. The molecule has 7 nitrogen and oxygen atoms in total. The highest BCUT2D eigenvalue weighted by molar-refractivity contribution is 5.89. The van der Waals surface area contributed by atoms with Crippen molar-refractivity contribution < 1.29 is 27.8 Å². The van der Waals surface area contributed by atoms with Gasteiger partial charge < -0.3 is 19.9 Å². The molecule has 1 unspecified atom stereocenters. The lowest BCUT2D eigenvalue weighted by molar-refractivity contribution is -0.137. The Kier molecular flexibility index (Phi) is 5.90. The van der Waals surface area contributed by atoms with E-state index < -0.39 is 17.8 Å². The molecule has 1 aromatic carbocycles. The number of nitrogens with one attached hydrogen (secondary N) is 1. The Bertz CT molecular complexity index is 936. The molecule has 2 N–H and O–H groups in total. The molecule has 10 heteroatoms. The highest BCUT2D eigenvalue weighted by Gasteiger charge is 2.30. The lowest BCUT2D eigenvalue weighted by atomic mass is 10.2. The van der Waals surface area contributed by atoms with Gasteiger partial charge in [0.25, 0.3) is 0 Å². The van der Waals surface area contributed by atoms with Crippen LogP contribution in [0.1, 0.15) is 5.56 Å². The normalized spacial score (nSPS) is 12.8. The number of aromatic nitrogens is 3. The highest BCUT2D eigenvalue weighted by atomic mass is 19.4. The van der Waals surface area contributed by atoms with E-state index in [0.29, 0.717) is 16.9 Å². The smallest absolute Gasteiger partial charge is 0.416 e. The molecule has 3 rings (SSSR count). The molecule has 2 aromatic heterocycles. The number of hydrogen-bond acceptors (Lipinski definition) is 7. The molecule has 0 bridgehead atoms. The average Bonchev–Trinajstić information content (AvgIpc) is 2.67. The topological polar surface area (TPSA) is 89.4 Å². The Morgan fingerprint density at radius 1 is 1.07 bits per heavy atom. The fourth-order valence-electron chi connectivity index (χ4n) is 2.45.